The van der Waals surface area contributed by atoms with E-state index in [1.54, 1.807) is 24.3 Å². The van der Waals surface area contributed by atoms with Gasteiger partial charge in [-0.3, -0.25) is 9.59 Å². The number of fused-ring (bicyclic) bond motifs is 10. The molecule has 0 saturated heterocycles. The van der Waals surface area contributed by atoms with Crippen molar-refractivity contribution in [1.82, 2.24) is 0 Å². The van der Waals surface area contributed by atoms with E-state index >= 15 is 0 Å². The molecular weight excluding hydrogens is 620 g/mol. The molecule has 0 spiro atoms. The largest absolute Gasteiger partial charge is 0.508 e. The number of phenolic OH excluding ortho intramolecular Hbond substituents is 2. The molecule has 264 valence electrons. The summed E-state index contributed by atoms with van der Waals surface area (Å²) in [4.78, 5) is 26.2. The molecule has 6 aliphatic rings. The van der Waals surface area contributed by atoms with E-state index in [-0.39, 0.29) is 58.2 Å². The van der Waals surface area contributed by atoms with Crippen molar-refractivity contribution in [2.24, 2.45) is 34.5 Å². The minimum Gasteiger partial charge on any atom is -0.508 e. The molecule has 0 bridgehead atoms. The van der Waals surface area contributed by atoms with E-state index in [1.807, 2.05) is 0 Å². The summed E-state index contributed by atoms with van der Waals surface area (Å²) in [6, 6.07) is 6.87. The summed E-state index contributed by atoms with van der Waals surface area (Å²) >= 11 is 0. The van der Waals surface area contributed by atoms with Gasteiger partial charge in [0, 0.05) is 5.41 Å². The first-order chi connectivity index (χ1) is 23.3. The van der Waals surface area contributed by atoms with Crippen LogP contribution in [-0.2, 0) is 27.8 Å². The highest BCUT2D eigenvalue weighted by Gasteiger charge is 2.58. The van der Waals surface area contributed by atoms with Crippen LogP contribution in [0, 0.1) is 34.5 Å². The third-order valence-corrected chi connectivity index (χ3v) is 15.4. The molecule has 8 heteroatoms. The number of phenols is 2. The Bertz CT molecular complexity index is 1570. The van der Waals surface area contributed by atoms with Crippen LogP contribution >= 0.6 is 0 Å². The lowest BCUT2D eigenvalue weighted by Gasteiger charge is -2.52. The number of aliphatic hydroxyl groups is 2. The van der Waals surface area contributed by atoms with Crippen molar-refractivity contribution in [2.45, 2.75) is 133 Å². The first-order valence-corrected chi connectivity index (χ1v) is 18.8. The molecule has 10 atom stereocenters. The van der Waals surface area contributed by atoms with Crippen molar-refractivity contribution in [2.75, 3.05) is 0 Å². The van der Waals surface area contributed by atoms with Crippen LogP contribution in [0.5, 0.6) is 11.5 Å². The molecule has 6 aliphatic carbocycles. The zero-order valence-corrected chi connectivity index (χ0v) is 28.8. The standard InChI is InChI=1S/C41H52O8/c1-39-13-11-27-25(29(39)7-9-33(39)44)5-3-21-15-23(42)17-31(37(21)27)41(19-35(46)47,20-36(48)49)32-18-24(43)16-22-4-6-26-28(38(22)32)12-14-40(2)30(26)8-10-34(40)45/h15-18,25-30,33-34,42-45H,3-14,19-20H2,1-2H3,(H,46,47)(H,48,49)/t25-,26-,27+,28+,29+,30+,33-,34-,39+,40+/m1/s1. The second-order valence-electron chi connectivity index (χ2n) is 17.5. The van der Waals surface area contributed by atoms with Gasteiger partial charge in [-0.05, 0) is 181 Å². The van der Waals surface area contributed by atoms with E-state index in [0.717, 1.165) is 86.5 Å². The molecule has 0 heterocycles. The summed E-state index contributed by atoms with van der Waals surface area (Å²) in [5.74, 6) is -0.955. The molecule has 4 fully saturated rings. The van der Waals surface area contributed by atoms with Crippen molar-refractivity contribution in [3.05, 3.63) is 57.6 Å². The Balaban J connectivity index is 1.35. The normalized spacial score (nSPS) is 37.6. The lowest BCUT2D eigenvalue weighted by atomic mass is 9.52. The number of hydrogen-bond acceptors (Lipinski definition) is 6. The number of aliphatic carboxylic acids is 2. The van der Waals surface area contributed by atoms with Crippen molar-refractivity contribution >= 4 is 11.9 Å². The van der Waals surface area contributed by atoms with Gasteiger partial charge in [0.1, 0.15) is 11.5 Å². The highest BCUT2D eigenvalue weighted by molar-refractivity contribution is 5.78. The van der Waals surface area contributed by atoms with Gasteiger partial charge in [0.25, 0.3) is 0 Å². The molecule has 0 aromatic heterocycles. The Hall–Kier alpha value is -3.10. The fourth-order valence-corrected chi connectivity index (χ4v) is 13.3. The number of carboxylic acid groups (broad SMARTS) is 2. The molecule has 2 aromatic carbocycles. The van der Waals surface area contributed by atoms with Gasteiger partial charge in [0.05, 0.1) is 25.0 Å². The monoisotopic (exact) mass is 672 g/mol. The number of aryl methyl sites for hydroxylation is 2. The van der Waals surface area contributed by atoms with Gasteiger partial charge in [-0.15, -0.1) is 0 Å². The highest BCUT2D eigenvalue weighted by Crippen LogP contribution is 2.65. The maximum atomic E-state index is 13.1. The minimum atomic E-state index is -1.54. The average Bonchev–Trinajstić information content (AvgIpc) is 3.52. The summed E-state index contributed by atoms with van der Waals surface area (Å²) in [6.07, 6.45) is 8.27. The second-order valence-corrected chi connectivity index (χ2v) is 17.5. The first-order valence-electron chi connectivity index (χ1n) is 18.8. The average molecular weight is 673 g/mol. The van der Waals surface area contributed by atoms with Gasteiger partial charge >= 0.3 is 11.9 Å². The van der Waals surface area contributed by atoms with Crippen LogP contribution in [0.3, 0.4) is 0 Å². The van der Waals surface area contributed by atoms with Crippen LogP contribution in [0.4, 0.5) is 0 Å². The number of carbonyl (C=O) groups is 2. The topological polar surface area (TPSA) is 156 Å². The Labute approximate surface area is 288 Å². The number of aliphatic hydroxyl groups excluding tert-OH is 2. The zero-order chi connectivity index (χ0) is 34.6. The Morgan fingerprint density at radius 2 is 1.06 bits per heavy atom. The Morgan fingerprint density at radius 1 is 0.653 bits per heavy atom. The molecule has 0 unspecified atom stereocenters. The lowest BCUT2D eigenvalue weighted by molar-refractivity contribution is -0.140. The molecule has 0 amide bonds. The first kappa shape index (κ1) is 33.1. The molecular formula is C41H52O8. The summed E-state index contributed by atoms with van der Waals surface area (Å²) in [5, 5.41) is 66.1. The predicted molar refractivity (Wildman–Crippen MR) is 183 cm³/mol. The number of carboxylic acids is 2. The minimum absolute atomic E-state index is 0.00422. The van der Waals surface area contributed by atoms with Gasteiger partial charge in [-0.25, -0.2) is 0 Å². The van der Waals surface area contributed by atoms with Crippen LogP contribution in [0.15, 0.2) is 24.3 Å². The third-order valence-electron chi connectivity index (χ3n) is 15.4. The molecule has 49 heavy (non-hydrogen) atoms. The van der Waals surface area contributed by atoms with E-state index in [2.05, 4.69) is 13.8 Å². The molecule has 8 nitrogen and oxygen atoms in total. The van der Waals surface area contributed by atoms with Gasteiger partial charge < -0.3 is 30.6 Å². The SMILES string of the molecule is C[C@]12CC[C@@H]3c4c(cc(O)cc4C(CC(=O)O)(CC(=O)O)c4cc(O)cc5c4[C@H]4CC[C@]6(C)[C@H](O)CC[C@H]6[C@@H]4CC5)CC[C@H]3[C@@H]1CC[C@H]2O. The number of hydrogen-bond donors (Lipinski definition) is 6. The maximum absolute atomic E-state index is 13.1. The summed E-state index contributed by atoms with van der Waals surface area (Å²) in [7, 11) is 0. The van der Waals surface area contributed by atoms with E-state index in [1.165, 1.54) is 0 Å². The van der Waals surface area contributed by atoms with Gasteiger partial charge in [-0.1, -0.05) is 13.8 Å². The van der Waals surface area contributed by atoms with Gasteiger partial charge in [-0.2, -0.15) is 0 Å². The number of rotatable bonds is 6. The fraction of sp³-hybridized carbons (Fsp3) is 0.659. The highest BCUT2D eigenvalue weighted by atomic mass is 16.4. The lowest BCUT2D eigenvalue weighted by Crippen LogP contribution is -2.46. The van der Waals surface area contributed by atoms with Crippen LogP contribution in [-0.4, -0.2) is 54.8 Å². The summed E-state index contributed by atoms with van der Waals surface area (Å²) in [5.41, 5.74) is 3.16. The van der Waals surface area contributed by atoms with Crippen molar-refractivity contribution in [3.8, 4) is 11.5 Å². The number of aromatic hydroxyl groups is 2. The van der Waals surface area contributed by atoms with Crippen LogP contribution < -0.4 is 0 Å². The molecule has 0 aliphatic heterocycles. The maximum Gasteiger partial charge on any atom is 0.304 e. The molecule has 2 aromatic rings. The second kappa shape index (κ2) is 11.5. The van der Waals surface area contributed by atoms with Crippen LogP contribution in [0.25, 0.3) is 0 Å². The van der Waals surface area contributed by atoms with Crippen LogP contribution in [0.1, 0.15) is 136 Å². The van der Waals surface area contributed by atoms with E-state index in [9.17, 15) is 40.2 Å². The van der Waals surface area contributed by atoms with E-state index in [4.69, 9.17) is 0 Å². The van der Waals surface area contributed by atoms with Gasteiger partial charge in [0.15, 0.2) is 0 Å². The molecule has 8 rings (SSSR count). The van der Waals surface area contributed by atoms with Crippen LogP contribution in [0.2, 0.25) is 0 Å². The summed E-state index contributed by atoms with van der Waals surface area (Å²) in [6.45, 7) is 4.43. The van der Waals surface area contributed by atoms with Crippen molar-refractivity contribution < 1.29 is 40.2 Å². The number of benzene rings is 2. The third kappa shape index (κ3) is 4.82. The zero-order valence-electron chi connectivity index (χ0n) is 28.8. The Kier molecular flexibility index (Phi) is 7.73. The summed E-state index contributed by atoms with van der Waals surface area (Å²) < 4.78 is 0. The van der Waals surface area contributed by atoms with Gasteiger partial charge in [0.2, 0.25) is 0 Å². The van der Waals surface area contributed by atoms with Crippen molar-refractivity contribution in [3.63, 3.8) is 0 Å². The smallest absolute Gasteiger partial charge is 0.304 e. The van der Waals surface area contributed by atoms with E-state index < -0.39 is 30.2 Å². The van der Waals surface area contributed by atoms with E-state index in [0.29, 0.717) is 35.8 Å². The predicted octanol–water partition coefficient (Wildman–Crippen LogP) is 6.77. The molecule has 6 N–H and O–H groups in total. The quantitative estimate of drug-likeness (QED) is 0.197. The Morgan fingerprint density at radius 3 is 1.45 bits per heavy atom. The molecule has 4 saturated carbocycles. The fourth-order valence-electron chi connectivity index (χ4n) is 13.3. The van der Waals surface area contributed by atoms with Crippen molar-refractivity contribution in [1.29, 1.82) is 0 Å². The molecule has 0 radical (unpaired) electrons.